The van der Waals surface area contributed by atoms with E-state index in [1.807, 2.05) is 18.2 Å². The fraction of sp³-hybridized carbons (Fsp3) is 0.571. The molecule has 0 bridgehead atoms. The van der Waals surface area contributed by atoms with E-state index in [0.29, 0.717) is 0 Å². The van der Waals surface area contributed by atoms with Crippen molar-refractivity contribution in [1.82, 2.24) is 4.90 Å². The summed E-state index contributed by atoms with van der Waals surface area (Å²) < 4.78 is 37.3. The van der Waals surface area contributed by atoms with E-state index in [9.17, 15) is 13.2 Å². The van der Waals surface area contributed by atoms with Crippen molar-refractivity contribution in [2.45, 2.75) is 32.0 Å². The fourth-order valence-electron chi connectivity index (χ4n) is 2.59. The van der Waals surface area contributed by atoms with Crippen molar-refractivity contribution in [3.8, 4) is 0 Å². The summed E-state index contributed by atoms with van der Waals surface area (Å²) in [5.74, 6) is 0. The SMILES string of the molecule is OCCN(Cc1ccc2c(c1)CCC2)CC(F)(F)F. The highest BCUT2D eigenvalue weighted by atomic mass is 19.4. The van der Waals surface area contributed by atoms with Gasteiger partial charge >= 0.3 is 6.18 Å². The highest BCUT2D eigenvalue weighted by Gasteiger charge is 2.30. The molecule has 1 aromatic carbocycles. The molecule has 0 saturated heterocycles. The van der Waals surface area contributed by atoms with Crippen LogP contribution in [0.2, 0.25) is 0 Å². The lowest BCUT2D eigenvalue weighted by Gasteiger charge is -2.23. The quantitative estimate of drug-likeness (QED) is 0.891. The molecule has 0 unspecified atom stereocenters. The average Bonchev–Trinajstić information content (AvgIpc) is 2.74. The Kier molecular flexibility index (Phi) is 4.47. The third kappa shape index (κ3) is 4.21. The normalized spacial score (nSPS) is 15.0. The summed E-state index contributed by atoms with van der Waals surface area (Å²) in [4.78, 5) is 1.23. The minimum absolute atomic E-state index is 0.0383. The first-order valence-corrected chi connectivity index (χ1v) is 6.48. The van der Waals surface area contributed by atoms with E-state index in [0.717, 1.165) is 24.8 Å². The first-order chi connectivity index (χ1) is 8.98. The van der Waals surface area contributed by atoms with Crippen molar-refractivity contribution in [2.75, 3.05) is 19.7 Å². The number of hydrogen-bond acceptors (Lipinski definition) is 2. The van der Waals surface area contributed by atoms with Crippen molar-refractivity contribution in [3.05, 3.63) is 34.9 Å². The number of nitrogens with zero attached hydrogens (tertiary/aromatic N) is 1. The molecule has 1 aliphatic rings. The van der Waals surface area contributed by atoms with Gasteiger partial charge in [0.25, 0.3) is 0 Å². The number of hydrogen-bond donors (Lipinski definition) is 1. The van der Waals surface area contributed by atoms with Crippen LogP contribution in [0.25, 0.3) is 0 Å². The van der Waals surface area contributed by atoms with Crippen molar-refractivity contribution in [2.24, 2.45) is 0 Å². The lowest BCUT2D eigenvalue weighted by atomic mass is 10.1. The number of rotatable bonds is 5. The highest BCUT2D eigenvalue weighted by molar-refractivity contribution is 5.35. The van der Waals surface area contributed by atoms with Gasteiger partial charge in [0.1, 0.15) is 0 Å². The Morgan fingerprint density at radius 2 is 1.89 bits per heavy atom. The number of alkyl halides is 3. The minimum Gasteiger partial charge on any atom is -0.395 e. The summed E-state index contributed by atoms with van der Waals surface area (Å²) in [6, 6.07) is 5.91. The summed E-state index contributed by atoms with van der Waals surface area (Å²) in [6.07, 6.45) is -1.02. The predicted octanol–water partition coefficient (Wildman–Crippen LogP) is 2.53. The second-order valence-corrected chi connectivity index (χ2v) is 5.01. The Morgan fingerprint density at radius 3 is 2.58 bits per heavy atom. The molecule has 0 aromatic heterocycles. The zero-order valence-corrected chi connectivity index (χ0v) is 10.7. The third-order valence-corrected chi connectivity index (χ3v) is 3.39. The Bertz CT molecular complexity index is 431. The summed E-state index contributed by atoms with van der Waals surface area (Å²) in [6.45, 7) is -0.977. The summed E-state index contributed by atoms with van der Waals surface area (Å²) in [5.41, 5.74) is 3.46. The van der Waals surface area contributed by atoms with Crippen LogP contribution in [0.1, 0.15) is 23.1 Å². The lowest BCUT2D eigenvalue weighted by molar-refractivity contribution is -0.147. The van der Waals surface area contributed by atoms with Crippen LogP contribution in [0.15, 0.2) is 18.2 Å². The van der Waals surface area contributed by atoms with E-state index >= 15 is 0 Å². The largest absolute Gasteiger partial charge is 0.401 e. The molecular weight excluding hydrogens is 255 g/mol. The van der Waals surface area contributed by atoms with E-state index in [4.69, 9.17) is 5.11 Å². The van der Waals surface area contributed by atoms with Gasteiger partial charge < -0.3 is 5.11 Å². The molecule has 0 aliphatic heterocycles. The Labute approximate surface area is 110 Å². The van der Waals surface area contributed by atoms with Gasteiger partial charge in [0.05, 0.1) is 13.2 Å². The van der Waals surface area contributed by atoms with Crippen molar-refractivity contribution >= 4 is 0 Å². The highest BCUT2D eigenvalue weighted by Crippen LogP contribution is 2.24. The standard InChI is InChI=1S/C14H18F3NO/c15-14(16,17)10-18(6-7-19)9-11-4-5-12-2-1-3-13(12)8-11/h4-5,8,19H,1-3,6-7,9-10H2. The minimum atomic E-state index is -4.23. The second kappa shape index (κ2) is 5.92. The van der Waals surface area contributed by atoms with Gasteiger partial charge in [0, 0.05) is 13.1 Å². The molecule has 19 heavy (non-hydrogen) atoms. The van der Waals surface area contributed by atoms with Gasteiger partial charge in [0.2, 0.25) is 0 Å². The predicted molar refractivity (Wildman–Crippen MR) is 66.9 cm³/mol. The number of aryl methyl sites for hydroxylation is 2. The molecule has 5 heteroatoms. The van der Waals surface area contributed by atoms with Crippen LogP contribution < -0.4 is 0 Å². The third-order valence-electron chi connectivity index (χ3n) is 3.39. The molecule has 0 saturated carbocycles. The Hall–Kier alpha value is -1.07. The summed E-state index contributed by atoms with van der Waals surface area (Å²) in [5, 5.41) is 8.86. The van der Waals surface area contributed by atoms with Gasteiger partial charge in [0.15, 0.2) is 0 Å². The number of aliphatic hydroxyl groups is 1. The summed E-state index contributed by atoms with van der Waals surface area (Å²) in [7, 11) is 0. The zero-order valence-electron chi connectivity index (χ0n) is 10.7. The number of fused-ring (bicyclic) bond motifs is 1. The molecule has 106 valence electrons. The maximum absolute atomic E-state index is 12.4. The molecule has 0 atom stereocenters. The van der Waals surface area contributed by atoms with Crippen LogP contribution in [-0.4, -0.2) is 35.9 Å². The molecule has 1 aliphatic carbocycles. The Morgan fingerprint density at radius 1 is 1.16 bits per heavy atom. The van der Waals surface area contributed by atoms with Crippen molar-refractivity contribution in [1.29, 1.82) is 0 Å². The van der Waals surface area contributed by atoms with Crippen LogP contribution in [0, 0.1) is 0 Å². The van der Waals surface area contributed by atoms with Gasteiger partial charge in [-0.25, -0.2) is 0 Å². The van der Waals surface area contributed by atoms with E-state index in [1.54, 1.807) is 0 Å². The number of benzene rings is 1. The monoisotopic (exact) mass is 273 g/mol. The molecule has 0 fully saturated rings. The van der Waals surface area contributed by atoms with Gasteiger partial charge in [-0.3, -0.25) is 4.90 Å². The lowest BCUT2D eigenvalue weighted by Crippen LogP contribution is -2.35. The first-order valence-electron chi connectivity index (χ1n) is 6.48. The van der Waals surface area contributed by atoms with Crippen molar-refractivity contribution in [3.63, 3.8) is 0 Å². The molecule has 0 radical (unpaired) electrons. The molecule has 1 N–H and O–H groups in total. The van der Waals surface area contributed by atoms with E-state index in [1.165, 1.54) is 16.0 Å². The molecule has 0 heterocycles. The van der Waals surface area contributed by atoms with Crippen LogP contribution in [0.3, 0.4) is 0 Å². The molecule has 1 aromatic rings. The Balaban J connectivity index is 2.04. The molecular formula is C14H18F3NO. The maximum Gasteiger partial charge on any atom is 0.401 e. The second-order valence-electron chi connectivity index (χ2n) is 5.01. The van der Waals surface area contributed by atoms with E-state index in [2.05, 4.69) is 0 Å². The average molecular weight is 273 g/mol. The van der Waals surface area contributed by atoms with E-state index < -0.39 is 12.7 Å². The number of aliphatic hydroxyl groups excluding tert-OH is 1. The molecule has 2 rings (SSSR count). The first kappa shape index (κ1) is 14.3. The molecule has 0 spiro atoms. The van der Waals surface area contributed by atoms with Gasteiger partial charge in [-0.15, -0.1) is 0 Å². The van der Waals surface area contributed by atoms with Crippen molar-refractivity contribution < 1.29 is 18.3 Å². The van der Waals surface area contributed by atoms with Crippen LogP contribution in [0.5, 0.6) is 0 Å². The molecule has 0 amide bonds. The summed E-state index contributed by atoms with van der Waals surface area (Å²) >= 11 is 0. The van der Waals surface area contributed by atoms with Crippen LogP contribution >= 0.6 is 0 Å². The maximum atomic E-state index is 12.4. The zero-order chi connectivity index (χ0) is 13.9. The fourth-order valence-corrected chi connectivity index (χ4v) is 2.59. The van der Waals surface area contributed by atoms with E-state index in [-0.39, 0.29) is 19.7 Å². The smallest absolute Gasteiger partial charge is 0.395 e. The van der Waals surface area contributed by atoms with Gasteiger partial charge in [-0.1, -0.05) is 18.2 Å². The van der Waals surface area contributed by atoms with Gasteiger partial charge in [-0.2, -0.15) is 13.2 Å². The van der Waals surface area contributed by atoms with Gasteiger partial charge in [-0.05, 0) is 36.0 Å². The topological polar surface area (TPSA) is 23.5 Å². The number of halogens is 3. The molecule has 2 nitrogen and oxygen atoms in total. The van der Waals surface area contributed by atoms with Crippen LogP contribution in [0.4, 0.5) is 13.2 Å². The van der Waals surface area contributed by atoms with Crippen LogP contribution in [-0.2, 0) is 19.4 Å².